The van der Waals surface area contributed by atoms with Gasteiger partial charge in [-0.2, -0.15) is 5.10 Å². The predicted octanol–water partition coefficient (Wildman–Crippen LogP) is 2.74. The van der Waals surface area contributed by atoms with Crippen molar-refractivity contribution < 1.29 is 13.9 Å². The number of halogens is 2. The number of aromatic nitrogens is 2. The van der Waals surface area contributed by atoms with E-state index in [0.29, 0.717) is 0 Å². The second-order valence-corrected chi connectivity index (χ2v) is 5.62. The summed E-state index contributed by atoms with van der Waals surface area (Å²) in [5, 5.41) is 17.5. The predicted molar refractivity (Wildman–Crippen MR) is 80.5 cm³/mol. The maximum atomic E-state index is 13.6. The number of aryl methyl sites for hydroxylation is 1. The largest absolute Gasteiger partial charge is 0.387 e. The first kappa shape index (κ1) is 16.6. The van der Waals surface area contributed by atoms with Crippen molar-refractivity contribution in [3.8, 4) is 0 Å². The van der Waals surface area contributed by atoms with Gasteiger partial charge in [0.15, 0.2) is 0 Å². The van der Waals surface area contributed by atoms with E-state index < -0.39 is 17.7 Å². The lowest BCUT2D eigenvalue weighted by molar-refractivity contribution is 0.161. The monoisotopic (exact) mass is 309 g/mol. The third-order valence-corrected chi connectivity index (χ3v) is 3.83. The molecule has 0 saturated carbocycles. The van der Waals surface area contributed by atoms with Gasteiger partial charge in [0.2, 0.25) is 0 Å². The number of rotatable bonds is 6. The summed E-state index contributed by atoms with van der Waals surface area (Å²) in [5.74, 6) is -1.39. The second kappa shape index (κ2) is 6.98. The molecule has 0 spiro atoms. The number of nitrogens with zero attached hydrogens (tertiary/aromatic N) is 2. The van der Waals surface area contributed by atoms with Gasteiger partial charge < -0.3 is 10.4 Å². The lowest BCUT2D eigenvalue weighted by Gasteiger charge is -2.23. The standard InChI is InChI=1S/C16H21F2N3O/c1-10-7-20-21(9-10)12(3)11(2)19-8-16(22)14-5-4-13(17)6-15(14)18/h4-7,9,11-12,16,19,22H,8H2,1-3H3. The SMILES string of the molecule is Cc1cnn(C(C)C(C)NCC(O)c2ccc(F)cc2F)c1. The van der Waals surface area contributed by atoms with Gasteiger partial charge in [-0.05, 0) is 32.4 Å². The summed E-state index contributed by atoms with van der Waals surface area (Å²) in [7, 11) is 0. The lowest BCUT2D eigenvalue weighted by atomic mass is 10.1. The first-order valence-corrected chi connectivity index (χ1v) is 7.25. The smallest absolute Gasteiger partial charge is 0.131 e. The first-order valence-electron chi connectivity index (χ1n) is 7.25. The Hall–Kier alpha value is -1.79. The highest BCUT2D eigenvalue weighted by Crippen LogP contribution is 2.18. The van der Waals surface area contributed by atoms with Gasteiger partial charge in [0.1, 0.15) is 11.6 Å². The van der Waals surface area contributed by atoms with E-state index in [1.807, 2.05) is 31.6 Å². The quantitative estimate of drug-likeness (QED) is 0.862. The maximum absolute atomic E-state index is 13.6. The molecule has 22 heavy (non-hydrogen) atoms. The molecule has 1 heterocycles. The Balaban J connectivity index is 1.94. The van der Waals surface area contributed by atoms with Crippen LogP contribution in [0.25, 0.3) is 0 Å². The fourth-order valence-electron chi connectivity index (χ4n) is 2.23. The van der Waals surface area contributed by atoms with Crippen LogP contribution in [0.5, 0.6) is 0 Å². The molecule has 2 rings (SSSR count). The normalized spacial score (nSPS) is 15.5. The van der Waals surface area contributed by atoms with Gasteiger partial charge in [-0.3, -0.25) is 4.68 Å². The van der Waals surface area contributed by atoms with E-state index >= 15 is 0 Å². The Bertz CT molecular complexity index is 630. The van der Waals surface area contributed by atoms with Crippen LogP contribution in [-0.4, -0.2) is 27.5 Å². The molecule has 2 aromatic rings. The topological polar surface area (TPSA) is 50.1 Å². The molecule has 2 N–H and O–H groups in total. The van der Waals surface area contributed by atoms with Gasteiger partial charge in [-0.25, -0.2) is 8.78 Å². The highest BCUT2D eigenvalue weighted by Gasteiger charge is 2.18. The molecule has 0 bridgehead atoms. The van der Waals surface area contributed by atoms with E-state index in [1.54, 1.807) is 6.20 Å². The van der Waals surface area contributed by atoms with E-state index in [1.165, 1.54) is 6.07 Å². The molecule has 0 fully saturated rings. The zero-order valence-corrected chi connectivity index (χ0v) is 12.9. The molecule has 3 atom stereocenters. The van der Waals surface area contributed by atoms with Crippen molar-refractivity contribution in [1.82, 2.24) is 15.1 Å². The highest BCUT2D eigenvalue weighted by molar-refractivity contribution is 5.21. The molecule has 0 aliphatic rings. The van der Waals surface area contributed by atoms with Crippen LogP contribution in [0.1, 0.15) is 37.1 Å². The Kier molecular flexibility index (Phi) is 5.26. The third-order valence-electron chi connectivity index (χ3n) is 3.83. The summed E-state index contributed by atoms with van der Waals surface area (Å²) in [4.78, 5) is 0. The molecular formula is C16H21F2N3O. The van der Waals surface area contributed by atoms with Crippen molar-refractivity contribution in [3.05, 3.63) is 53.4 Å². The van der Waals surface area contributed by atoms with Crippen molar-refractivity contribution in [1.29, 1.82) is 0 Å². The summed E-state index contributed by atoms with van der Waals surface area (Å²) in [5.41, 5.74) is 1.16. The minimum absolute atomic E-state index is 0.0254. The van der Waals surface area contributed by atoms with E-state index in [9.17, 15) is 13.9 Å². The molecule has 0 radical (unpaired) electrons. The third kappa shape index (κ3) is 3.90. The van der Waals surface area contributed by atoms with Gasteiger partial charge in [-0.15, -0.1) is 0 Å². The van der Waals surface area contributed by atoms with Crippen LogP contribution in [0.3, 0.4) is 0 Å². The van der Waals surface area contributed by atoms with Gasteiger partial charge in [0, 0.05) is 30.4 Å². The molecule has 0 saturated heterocycles. The minimum Gasteiger partial charge on any atom is -0.387 e. The molecule has 6 heteroatoms. The van der Waals surface area contributed by atoms with Crippen LogP contribution in [-0.2, 0) is 0 Å². The molecule has 0 aliphatic heterocycles. The Morgan fingerprint density at radius 2 is 2.05 bits per heavy atom. The number of hydrogen-bond acceptors (Lipinski definition) is 3. The van der Waals surface area contributed by atoms with E-state index in [-0.39, 0.29) is 24.2 Å². The van der Waals surface area contributed by atoms with E-state index in [0.717, 1.165) is 17.7 Å². The van der Waals surface area contributed by atoms with Crippen molar-refractivity contribution >= 4 is 0 Å². The summed E-state index contributed by atoms with van der Waals surface area (Å²) in [6, 6.07) is 3.29. The first-order chi connectivity index (χ1) is 10.4. The van der Waals surface area contributed by atoms with Crippen LogP contribution in [0, 0.1) is 18.6 Å². The number of aliphatic hydroxyl groups excluding tert-OH is 1. The van der Waals surface area contributed by atoms with Crippen LogP contribution >= 0.6 is 0 Å². The average molecular weight is 309 g/mol. The molecule has 4 nitrogen and oxygen atoms in total. The van der Waals surface area contributed by atoms with Crippen LogP contribution in [0.15, 0.2) is 30.6 Å². The second-order valence-electron chi connectivity index (χ2n) is 5.62. The maximum Gasteiger partial charge on any atom is 0.131 e. The highest BCUT2D eigenvalue weighted by atomic mass is 19.1. The van der Waals surface area contributed by atoms with Crippen LogP contribution < -0.4 is 5.32 Å². The molecule has 1 aromatic heterocycles. The van der Waals surface area contributed by atoms with Crippen LogP contribution in [0.2, 0.25) is 0 Å². The summed E-state index contributed by atoms with van der Waals surface area (Å²) >= 11 is 0. The Labute approximate surface area is 128 Å². The zero-order valence-electron chi connectivity index (χ0n) is 12.9. The van der Waals surface area contributed by atoms with Gasteiger partial charge in [0.25, 0.3) is 0 Å². The van der Waals surface area contributed by atoms with Crippen molar-refractivity contribution in [2.24, 2.45) is 0 Å². The molecule has 0 aliphatic carbocycles. The zero-order chi connectivity index (χ0) is 16.3. The molecule has 120 valence electrons. The average Bonchev–Trinajstić information content (AvgIpc) is 2.90. The van der Waals surface area contributed by atoms with Crippen LogP contribution in [0.4, 0.5) is 8.78 Å². The van der Waals surface area contributed by atoms with Gasteiger partial charge in [-0.1, -0.05) is 6.07 Å². The van der Waals surface area contributed by atoms with Gasteiger partial charge in [0.05, 0.1) is 18.3 Å². The molecule has 0 amide bonds. The molecular weight excluding hydrogens is 288 g/mol. The summed E-state index contributed by atoms with van der Waals surface area (Å²) in [6.45, 7) is 6.12. The van der Waals surface area contributed by atoms with Crippen molar-refractivity contribution in [3.63, 3.8) is 0 Å². The Morgan fingerprint density at radius 3 is 2.64 bits per heavy atom. The summed E-state index contributed by atoms with van der Waals surface area (Å²) in [6.07, 6.45) is 2.69. The van der Waals surface area contributed by atoms with E-state index in [2.05, 4.69) is 10.4 Å². The van der Waals surface area contributed by atoms with Gasteiger partial charge >= 0.3 is 0 Å². The minimum atomic E-state index is -1.03. The number of aliphatic hydroxyl groups is 1. The fraction of sp³-hybridized carbons (Fsp3) is 0.438. The number of hydrogen-bond donors (Lipinski definition) is 2. The Morgan fingerprint density at radius 1 is 1.32 bits per heavy atom. The molecule has 1 aromatic carbocycles. The summed E-state index contributed by atoms with van der Waals surface area (Å²) < 4.78 is 28.3. The number of nitrogens with one attached hydrogen (secondary N) is 1. The molecule has 3 unspecified atom stereocenters. The fourth-order valence-corrected chi connectivity index (χ4v) is 2.23. The van der Waals surface area contributed by atoms with E-state index in [4.69, 9.17) is 0 Å². The van der Waals surface area contributed by atoms with Crippen molar-refractivity contribution in [2.75, 3.05) is 6.54 Å². The van der Waals surface area contributed by atoms with Crippen molar-refractivity contribution in [2.45, 2.75) is 39.0 Å². The lowest BCUT2D eigenvalue weighted by Crippen LogP contribution is -2.36. The number of benzene rings is 1.